The number of nitrogens with zero attached hydrogens (tertiary/aromatic N) is 4. The lowest BCUT2D eigenvalue weighted by molar-refractivity contribution is 0.0593. The number of ether oxygens (including phenoxy) is 1. The number of hydrogen-bond acceptors (Lipinski definition) is 5. The first-order chi connectivity index (χ1) is 14.6. The number of amides is 1. The van der Waals surface area contributed by atoms with Gasteiger partial charge in [0.2, 0.25) is 0 Å². The topological polar surface area (TPSA) is 77.3 Å². The van der Waals surface area contributed by atoms with E-state index in [1.165, 1.54) is 19.5 Å². The van der Waals surface area contributed by atoms with Crippen LogP contribution in [0.1, 0.15) is 28.4 Å². The first-order valence-corrected chi connectivity index (χ1v) is 10.1. The minimum atomic E-state index is -0.0811. The van der Waals surface area contributed by atoms with Gasteiger partial charge in [-0.15, -0.1) is 0 Å². The quantitative estimate of drug-likeness (QED) is 0.673. The Kier molecular flexibility index (Phi) is 4.58. The van der Waals surface area contributed by atoms with Crippen molar-refractivity contribution >= 4 is 5.91 Å². The fourth-order valence-electron chi connectivity index (χ4n) is 4.64. The van der Waals surface area contributed by atoms with Crippen LogP contribution in [-0.4, -0.2) is 45.5 Å². The summed E-state index contributed by atoms with van der Waals surface area (Å²) in [6.45, 7) is 1.86. The molecule has 1 fully saturated rings. The van der Waals surface area contributed by atoms with Crippen molar-refractivity contribution in [3.8, 4) is 17.1 Å². The van der Waals surface area contributed by atoms with Crippen molar-refractivity contribution in [2.45, 2.75) is 18.9 Å². The van der Waals surface area contributed by atoms with Gasteiger partial charge in [-0.1, -0.05) is 30.3 Å². The summed E-state index contributed by atoms with van der Waals surface area (Å²) >= 11 is 0. The van der Waals surface area contributed by atoms with Crippen LogP contribution in [0.3, 0.4) is 0 Å². The van der Waals surface area contributed by atoms with Gasteiger partial charge in [0.05, 0.1) is 12.7 Å². The highest BCUT2D eigenvalue weighted by molar-refractivity contribution is 5.93. The van der Waals surface area contributed by atoms with Gasteiger partial charge in [0, 0.05) is 49.7 Å². The van der Waals surface area contributed by atoms with Crippen LogP contribution in [0, 0.1) is 5.92 Å². The van der Waals surface area contributed by atoms with E-state index in [1.807, 2.05) is 39.8 Å². The van der Waals surface area contributed by atoms with Gasteiger partial charge in [0.15, 0.2) is 0 Å². The molecule has 2 aliphatic heterocycles. The van der Waals surface area contributed by atoms with Gasteiger partial charge < -0.3 is 14.2 Å². The van der Waals surface area contributed by atoms with Crippen molar-refractivity contribution in [1.29, 1.82) is 0 Å². The summed E-state index contributed by atoms with van der Waals surface area (Å²) in [5.41, 5.74) is 3.45. The summed E-state index contributed by atoms with van der Waals surface area (Å²) in [5, 5.41) is 0. The van der Waals surface area contributed by atoms with Crippen LogP contribution in [0.5, 0.6) is 6.01 Å². The molecule has 0 aliphatic carbocycles. The standard InChI is InChI=1S/C23H22N4O3/c1-30-23-24-10-19(11-25-23)22(29)26-12-15-7-18(14-26)20-8-17(9-21(28)27(20)13-15)16-5-3-2-4-6-16/h2-6,8-11,15,18H,7,12-14H2,1H3/t15-,18+/m0/s1. The van der Waals surface area contributed by atoms with Gasteiger partial charge in [-0.2, -0.15) is 0 Å². The molecule has 0 saturated carbocycles. The van der Waals surface area contributed by atoms with Crippen LogP contribution < -0.4 is 10.3 Å². The first kappa shape index (κ1) is 18.5. The molecule has 2 aromatic heterocycles. The van der Waals surface area contributed by atoms with Gasteiger partial charge in [0.1, 0.15) is 0 Å². The van der Waals surface area contributed by atoms with Crippen LogP contribution in [0.2, 0.25) is 0 Å². The second-order valence-electron chi connectivity index (χ2n) is 7.95. The van der Waals surface area contributed by atoms with E-state index in [0.717, 1.165) is 23.2 Å². The number of rotatable bonds is 3. The van der Waals surface area contributed by atoms with E-state index in [1.54, 1.807) is 6.07 Å². The van der Waals surface area contributed by atoms with Gasteiger partial charge in [0.25, 0.3) is 11.5 Å². The number of carbonyl (C=O) groups is 1. The van der Waals surface area contributed by atoms with E-state index in [2.05, 4.69) is 16.0 Å². The average Bonchev–Trinajstić information content (AvgIpc) is 2.79. The minimum Gasteiger partial charge on any atom is -0.467 e. The molecule has 30 heavy (non-hydrogen) atoms. The fraction of sp³-hybridized carbons (Fsp3) is 0.304. The zero-order chi connectivity index (χ0) is 20.7. The molecular formula is C23H22N4O3. The molecule has 2 bridgehead atoms. The summed E-state index contributed by atoms with van der Waals surface area (Å²) in [6.07, 6.45) is 4.00. The Labute approximate surface area is 174 Å². The van der Waals surface area contributed by atoms with Crippen molar-refractivity contribution in [1.82, 2.24) is 19.4 Å². The maximum atomic E-state index is 13.0. The molecule has 0 radical (unpaired) electrons. The minimum absolute atomic E-state index is 0.0318. The summed E-state index contributed by atoms with van der Waals surface area (Å²) in [6, 6.07) is 14.0. The number of hydrogen-bond donors (Lipinski definition) is 0. The third kappa shape index (κ3) is 3.26. The summed E-state index contributed by atoms with van der Waals surface area (Å²) < 4.78 is 6.87. The molecule has 3 aromatic rings. The van der Waals surface area contributed by atoms with E-state index < -0.39 is 0 Å². The van der Waals surface area contributed by atoms with E-state index in [-0.39, 0.29) is 29.3 Å². The Morgan fingerprint density at radius 2 is 1.80 bits per heavy atom. The number of fused-ring (bicyclic) bond motifs is 4. The zero-order valence-electron chi connectivity index (χ0n) is 16.7. The lowest BCUT2D eigenvalue weighted by atomic mass is 9.82. The summed E-state index contributed by atoms with van der Waals surface area (Å²) in [7, 11) is 1.49. The van der Waals surface area contributed by atoms with Crippen LogP contribution >= 0.6 is 0 Å². The lowest BCUT2D eigenvalue weighted by Crippen LogP contribution is -2.49. The average molecular weight is 402 g/mol. The number of carbonyl (C=O) groups excluding carboxylic acids is 1. The van der Waals surface area contributed by atoms with Crippen molar-refractivity contribution in [3.63, 3.8) is 0 Å². The van der Waals surface area contributed by atoms with Crippen LogP contribution in [0.4, 0.5) is 0 Å². The van der Waals surface area contributed by atoms with E-state index in [9.17, 15) is 9.59 Å². The zero-order valence-corrected chi connectivity index (χ0v) is 16.7. The largest absolute Gasteiger partial charge is 0.467 e. The summed E-state index contributed by atoms with van der Waals surface area (Å²) in [4.78, 5) is 35.8. The van der Waals surface area contributed by atoms with Crippen LogP contribution in [0.25, 0.3) is 11.1 Å². The predicted octanol–water partition coefficient (Wildman–Crippen LogP) is 2.57. The molecule has 1 amide bonds. The Bertz CT molecular complexity index is 1140. The van der Waals surface area contributed by atoms with E-state index in [4.69, 9.17) is 4.74 Å². The number of methoxy groups -OCH3 is 1. The normalized spacial score (nSPS) is 19.8. The Hall–Kier alpha value is -3.48. The highest BCUT2D eigenvalue weighted by atomic mass is 16.5. The molecule has 0 N–H and O–H groups in total. The number of benzene rings is 1. The van der Waals surface area contributed by atoms with E-state index in [0.29, 0.717) is 25.2 Å². The number of piperidine rings is 1. The molecule has 5 rings (SSSR count). The number of aromatic nitrogens is 3. The third-order valence-electron chi connectivity index (χ3n) is 6.01. The molecule has 152 valence electrons. The number of pyridine rings is 1. The molecule has 2 aliphatic rings. The molecule has 0 spiro atoms. The maximum Gasteiger partial charge on any atom is 0.316 e. The van der Waals surface area contributed by atoms with Crippen molar-refractivity contribution in [2.75, 3.05) is 20.2 Å². The predicted molar refractivity (Wildman–Crippen MR) is 111 cm³/mol. The molecule has 2 atom stereocenters. The van der Waals surface area contributed by atoms with Gasteiger partial charge >= 0.3 is 6.01 Å². The molecule has 1 saturated heterocycles. The fourth-order valence-corrected chi connectivity index (χ4v) is 4.64. The van der Waals surface area contributed by atoms with Gasteiger partial charge in [-0.05, 0) is 29.5 Å². The van der Waals surface area contributed by atoms with Gasteiger partial charge in [-0.25, -0.2) is 9.97 Å². The first-order valence-electron chi connectivity index (χ1n) is 10.1. The Morgan fingerprint density at radius 1 is 1.03 bits per heavy atom. The third-order valence-corrected chi connectivity index (χ3v) is 6.01. The maximum absolute atomic E-state index is 13.0. The van der Waals surface area contributed by atoms with Crippen molar-refractivity contribution in [3.05, 3.63) is 76.5 Å². The monoisotopic (exact) mass is 402 g/mol. The van der Waals surface area contributed by atoms with Crippen LogP contribution in [-0.2, 0) is 6.54 Å². The molecular weight excluding hydrogens is 380 g/mol. The highest BCUT2D eigenvalue weighted by Gasteiger charge is 2.37. The van der Waals surface area contributed by atoms with Crippen molar-refractivity contribution < 1.29 is 9.53 Å². The Balaban J connectivity index is 1.45. The smallest absolute Gasteiger partial charge is 0.316 e. The second-order valence-corrected chi connectivity index (χ2v) is 7.95. The lowest BCUT2D eigenvalue weighted by Gasteiger charge is -2.43. The number of likely N-dealkylation sites (tertiary alicyclic amines) is 1. The second kappa shape index (κ2) is 7.40. The molecule has 7 heteroatoms. The highest BCUT2D eigenvalue weighted by Crippen LogP contribution is 2.37. The molecule has 1 aromatic carbocycles. The SMILES string of the molecule is COc1ncc(C(=O)N2C[C@@H]3C[C@H](C2)c2cc(-c4ccccc4)cc(=O)n2C3)cn1. The Morgan fingerprint density at radius 3 is 2.53 bits per heavy atom. The van der Waals surface area contributed by atoms with Crippen molar-refractivity contribution in [2.24, 2.45) is 5.92 Å². The molecule has 7 nitrogen and oxygen atoms in total. The van der Waals surface area contributed by atoms with Crippen LogP contribution in [0.15, 0.2) is 59.7 Å². The summed E-state index contributed by atoms with van der Waals surface area (Å²) in [5.74, 6) is 0.319. The van der Waals surface area contributed by atoms with Gasteiger partial charge in [-0.3, -0.25) is 9.59 Å². The van der Waals surface area contributed by atoms with E-state index >= 15 is 0 Å². The molecule has 0 unspecified atom stereocenters. The molecule has 4 heterocycles.